The lowest BCUT2D eigenvalue weighted by molar-refractivity contribution is 0.0969. The number of ketones is 1. The zero-order valence-electron chi connectivity index (χ0n) is 12.6. The minimum Gasteiger partial charge on any atom is -0.366 e. The Bertz CT molecular complexity index is 805. The zero-order chi connectivity index (χ0) is 16.0. The highest BCUT2D eigenvalue weighted by atomic mass is 79.9. The smallest absolute Gasteiger partial charge is 0.248 e. The van der Waals surface area contributed by atoms with Crippen LogP contribution in [0.2, 0.25) is 0 Å². The number of primary amides is 1. The molecule has 0 atom stereocenters. The highest BCUT2D eigenvalue weighted by Crippen LogP contribution is 2.34. The predicted octanol–water partition coefficient (Wildman–Crippen LogP) is 3.47. The van der Waals surface area contributed by atoms with Crippen LogP contribution in [0, 0.1) is 13.8 Å². The summed E-state index contributed by atoms with van der Waals surface area (Å²) in [7, 11) is 0. The number of carbonyl (C=O) groups excluding carboxylic acids is 2. The number of Topliss-reactive ketones (excluding diaryl/α,β-unsaturated/α-hetero) is 1. The molecule has 1 aliphatic rings. The fourth-order valence-electron chi connectivity index (χ4n) is 3.20. The summed E-state index contributed by atoms with van der Waals surface area (Å²) in [6.07, 6.45) is 2.39. The van der Waals surface area contributed by atoms with Crippen molar-refractivity contribution in [2.45, 2.75) is 33.1 Å². The highest BCUT2D eigenvalue weighted by molar-refractivity contribution is 9.10. The van der Waals surface area contributed by atoms with E-state index in [2.05, 4.69) is 20.5 Å². The maximum Gasteiger partial charge on any atom is 0.248 e. The lowest BCUT2D eigenvalue weighted by atomic mass is 9.94. The van der Waals surface area contributed by atoms with Gasteiger partial charge in [0, 0.05) is 33.4 Å². The first-order valence-corrected chi connectivity index (χ1v) is 8.04. The van der Waals surface area contributed by atoms with Gasteiger partial charge in [0.05, 0.1) is 5.69 Å². The third kappa shape index (κ3) is 2.20. The van der Waals surface area contributed by atoms with E-state index in [0.717, 1.165) is 45.5 Å². The molecule has 0 fully saturated rings. The van der Waals surface area contributed by atoms with Gasteiger partial charge in [-0.25, -0.2) is 0 Å². The van der Waals surface area contributed by atoms with Crippen molar-refractivity contribution in [3.8, 4) is 5.69 Å². The summed E-state index contributed by atoms with van der Waals surface area (Å²) < 4.78 is 2.92. The Kier molecular flexibility index (Phi) is 3.68. The molecule has 4 nitrogen and oxygen atoms in total. The second kappa shape index (κ2) is 5.39. The Balaban J connectivity index is 2.24. The van der Waals surface area contributed by atoms with Crippen molar-refractivity contribution in [3.05, 3.63) is 50.8 Å². The van der Waals surface area contributed by atoms with E-state index in [1.807, 2.05) is 19.9 Å². The normalized spacial score (nSPS) is 14.0. The summed E-state index contributed by atoms with van der Waals surface area (Å²) in [6, 6.07) is 5.31. The predicted molar refractivity (Wildman–Crippen MR) is 88.7 cm³/mol. The molecule has 1 heterocycles. The zero-order valence-corrected chi connectivity index (χ0v) is 14.2. The van der Waals surface area contributed by atoms with E-state index in [1.165, 1.54) is 0 Å². The van der Waals surface area contributed by atoms with Crippen LogP contribution >= 0.6 is 15.9 Å². The Hall–Kier alpha value is -1.88. The Labute approximate surface area is 137 Å². The molecule has 0 aliphatic heterocycles. The van der Waals surface area contributed by atoms with Gasteiger partial charge >= 0.3 is 0 Å². The maximum atomic E-state index is 12.2. The molecule has 2 aromatic rings. The average Bonchev–Trinajstić information content (AvgIpc) is 2.72. The number of hydrogen-bond acceptors (Lipinski definition) is 2. The number of nitrogens with two attached hydrogens (primary N) is 1. The molecule has 114 valence electrons. The Morgan fingerprint density at radius 3 is 2.64 bits per heavy atom. The number of fused-ring (bicyclic) bond motifs is 1. The van der Waals surface area contributed by atoms with Crippen molar-refractivity contribution in [2.24, 2.45) is 5.73 Å². The second-order valence-electron chi connectivity index (χ2n) is 5.67. The standard InChI is InChI=1S/C17H17BrN2O2/c1-9-10(2)20(14-4-3-5-15(21)16(9)14)13-7-6-11(17(19)22)8-12(13)18/h6-8H,3-5H2,1-2H3,(H2,19,22). The van der Waals surface area contributed by atoms with Crippen LogP contribution in [0.25, 0.3) is 5.69 Å². The number of hydrogen-bond donors (Lipinski definition) is 1. The molecule has 0 radical (unpaired) electrons. The fourth-order valence-corrected chi connectivity index (χ4v) is 3.75. The highest BCUT2D eigenvalue weighted by Gasteiger charge is 2.27. The van der Waals surface area contributed by atoms with E-state index < -0.39 is 5.91 Å². The molecular weight excluding hydrogens is 344 g/mol. The Morgan fingerprint density at radius 1 is 1.27 bits per heavy atom. The van der Waals surface area contributed by atoms with E-state index in [1.54, 1.807) is 12.1 Å². The number of aromatic nitrogens is 1. The second-order valence-corrected chi connectivity index (χ2v) is 6.53. The van der Waals surface area contributed by atoms with Crippen LogP contribution in [0.4, 0.5) is 0 Å². The molecule has 3 rings (SSSR count). The maximum absolute atomic E-state index is 12.2. The van der Waals surface area contributed by atoms with Gasteiger partial charge in [0.15, 0.2) is 5.78 Å². The summed E-state index contributed by atoms with van der Waals surface area (Å²) in [5.74, 6) is -0.227. The van der Waals surface area contributed by atoms with E-state index in [4.69, 9.17) is 5.73 Å². The van der Waals surface area contributed by atoms with E-state index >= 15 is 0 Å². The minimum absolute atomic E-state index is 0.227. The van der Waals surface area contributed by atoms with E-state index in [-0.39, 0.29) is 5.78 Å². The van der Waals surface area contributed by atoms with Crippen LogP contribution in [0.5, 0.6) is 0 Å². The molecule has 1 aromatic heterocycles. The van der Waals surface area contributed by atoms with Gasteiger partial charge in [-0.05, 0) is 66.4 Å². The number of halogens is 1. The van der Waals surface area contributed by atoms with Gasteiger partial charge in [-0.1, -0.05) is 0 Å². The van der Waals surface area contributed by atoms with Gasteiger partial charge in [0.2, 0.25) is 5.91 Å². The van der Waals surface area contributed by atoms with Gasteiger partial charge in [0.1, 0.15) is 0 Å². The quantitative estimate of drug-likeness (QED) is 0.890. The van der Waals surface area contributed by atoms with Crippen molar-refractivity contribution in [2.75, 3.05) is 0 Å². The first-order chi connectivity index (χ1) is 10.4. The molecule has 0 saturated heterocycles. The van der Waals surface area contributed by atoms with E-state index in [9.17, 15) is 9.59 Å². The lowest BCUT2D eigenvalue weighted by Crippen LogP contribution is -2.14. The lowest BCUT2D eigenvalue weighted by Gasteiger charge is -2.17. The first-order valence-electron chi connectivity index (χ1n) is 7.25. The summed E-state index contributed by atoms with van der Waals surface area (Å²) in [5.41, 5.74) is 10.8. The monoisotopic (exact) mass is 360 g/mol. The average molecular weight is 361 g/mol. The molecule has 2 N–H and O–H groups in total. The minimum atomic E-state index is -0.454. The van der Waals surface area contributed by atoms with Crippen molar-refractivity contribution in [1.29, 1.82) is 0 Å². The largest absolute Gasteiger partial charge is 0.366 e. The van der Waals surface area contributed by atoms with Crippen molar-refractivity contribution in [1.82, 2.24) is 4.57 Å². The van der Waals surface area contributed by atoms with Crippen molar-refractivity contribution in [3.63, 3.8) is 0 Å². The molecule has 1 aliphatic carbocycles. The van der Waals surface area contributed by atoms with Crippen molar-refractivity contribution < 1.29 is 9.59 Å². The van der Waals surface area contributed by atoms with Gasteiger partial charge in [-0.3, -0.25) is 9.59 Å². The van der Waals surface area contributed by atoms with Crippen LogP contribution in [0.3, 0.4) is 0 Å². The molecule has 0 unspecified atom stereocenters. The fraction of sp³-hybridized carbons (Fsp3) is 0.294. The number of nitrogens with zero attached hydrogens (tertiary/aromatic N) is 1. The third-order valence-corrected chi connectivity index (χ3v) is 5.02. The summed E-state index contributed by atoms with van der Waals surface area (Å²) >= 11 is 3.53. The van der Waals surface area contributed by atoms with Crippen LogP contribution < -0.4 is 5.73 Å². The molecule has 0 spiro atoms. The molecule has 0 bridgehead atoms. The Morgan fingerprint density at radius 2 is 2.00 bits per heavy atom. The number of amides is 1. The van der Waals surface area contributed by atoms with Crippen molar-refractivity contribution >= 4 is 27.6 Å². The number of benzene rings is 1. The van der Waals surface area contributed by atoms with Gasteiger partial charge in [-0.15, -0.1) is 0 Å². The summed E-state index contributed by atoms with van der Waals surface area (Å²) in [4.78, 5) is 23.5. The van der Waals surface area contributed by atoms with Crippen LogP contribution in [0.1, 0.15) is 50.5 Å². The van der Waals surface area contributed by atoms with Crippen LogP contribution in [-0.4, -0.2) is 16.3 Å². The first kappa shape index (κ1) is 15.0. The molecular formula is C17H17BrN2O2. The van der Waals surface area contributed by atoms with E-state index in [0.29, 0.717) is 12.0 Å². The van der Waals surface area contributed by atoms with Gasteiger partial charge in [0.25, 0.3) is 0 Å². The number of carbonyl (C=O) groups is 2. The van der Waals surface area contributed by atoms with Gasteiger partial charge in [-0.2, -0.15) is 0 Å². The molecule has 22 heavy (non-hydrogen) atoms. The van der Waals surface area contributed by atoms with Crippen LogP contribution in [-0.2, 0) is 6.42 Å². The summed E-state index contributed by atoms with van der Waals surface area (Å²) in [6.45, 7) is 4.02. The molecule has 1 aromatic carbocycles. The molecule has 0 saturated carbocycles. The molecule has 1 amide bonds. The third-order valence-electron chi connectivity index (χ3n) is 4.38. The van der Waals surface area contributed by atoms with Crippen LogP contribution in [0.15, 0.2) is 22.7 Å². The number of rotatable bonds is 2. The topological polar surface area (TPSA) is 65.1 Å². The van der Waals surface area contributed by atoms with Gasteiger partial charge < -0.3 is 10.3 Å². The summed E-state index contributed by atoms with van der Waals surface area (Å²) in [5, 5.41) is 0. The SMILES string of the molecule is Cc1c2c(n(-c3ccc(C(N)=O)cc3Br)c1C)CCCC2=O. The molecule has 5 heteroatoms.